The number of fused-ring (bicyclic) bond motifs is 4. The molecule has 0 spiro atoms. The second-order valence-corrected chi connectivity index (χ2v) is 5.76. The first kappa shape index (κ1) is 15.9. The van der Waals surface area contributed by atoms with E-state index in [1.165, 1.54) is 0 Å². The van der Waals surface area contributed by atoms with Gasteiger partial charge < -0.3 is 2.85 Å². The van der Waals surface area contributed by atoms with Gasteiger partial charge in [-0.1, -0.05) is 0 Å². The maximum Gasteiger partial charge on any atom is 2.00 e. The van der Waals surface area contributed by atoms with Gasteiger partial charge in [0.1, 0.15) is 0 Å². The van der Waals surface area contributed by atoms with Gasteiger partial charge in [-0.15, -0.1) is 0 Å². The molecule has 116 valence electrons. The van der Waals surface area contributed by atoms with E-state index in [2.05, 4.69) is 20.0 Å². The molecule has 0 amide bonds. The quantitative estimate of drug-likeness (QED) is 0.610. The molecule has 0 aromatic rings. The Morgan fingerprint density at radius 3 is 0.880 bits per heavy atom. The van der Waals surface area contributed by atoms with Crippen molar-refractivity contribution in [3.05, 3.63) is 95.7 Å². The molecule has 0 fully saturated rings. The fourth-order valence-electron chi connectivity index (χ4n) is 2.83. The van der Waals surface area contributed by atoms with E-state index < -0.39 is 0 Å². The fourth-order valence-corrected chi connectivity index (χ4v) is 2.83. The molecule has 0 N–H and O–H groups in total. The van der Waals surface area contributed by atoms with E-state index in [0.29, 0.717) is 0 Å². The van der Waals surface area contributed by atoms with E-state index >= 15 is 0 Å². The van der Waals surface area contributed by atoms with E-state index in [1.807, 2.05) is 72.9 Å². The molecule has 0 radical (unpaired) electrons. The standard InChI is InChI=1S/C20H12N4.Mg.2H/c1-2-14-10-16-5-6-18(23-16)12-20-8-7-19(24-20)11-17-4-3-15(22-17)9-13(1)21-14;;;/h1-12H;;;/q;+2;2*-1. The molecule has 0 saturated heterocycles. The third-order valence-electron chi connectivity index (χ3n) is 3.92. The zero-order chi connectivity index (χ0) is 15.9. The van der Waals surface area contributed by atoms with Crippen LogP contribution in [0.5, 0.6) is 0 Å². The predicted molar refractivity (Wildman–Crippen MR) is 107 cm³/mol. The van der Waals surface area contributed by atoms with Gasteiger partial charge in [0, 0.05) is 0 Å². The summed E-state index contributed by atoms with van der Waals surface area (Å²) in [5.74, 6) is 0. The van der Waals surface area contributed by atoms with Crippen LogP contribution < -0.4 is 0 Å². The first-order valence-electron chi connectivity index (χ1n) is 7.74. The van der Waals surface area contributed by atoms with Crippen LogP contribution in [0.15, 0.2) is 116 Å². The molecule has 5 rings (SSSR count). The summed E-state index contributed by atoms with van der Waals surface area (Å²) in [4.78, 5) is 18.4. The summed E-state index contributed by atoms with van der Waals surface area (Å²) in [5, 5.41) is 0. The van der Waals surface area contributed by atoms with E-state index in [-0.39, 0.29) is 25.9 Å². The van der Waals surface area contributed by atoms with Crippen LogP contribution in [0, 0.1) is 0 Å². The molecule has 0 unspecified atom stereocenters. The van der Waals surface area contributed by atoms with Crippen LogP contribution in [0.25, 0.3) is 0 Å². The Morgan fingerprint density at radius 1 is 0.400 bits per heavy atom. The van der Waals surface area contributed by atoms with Crippen molar-refractivity contribution in [2.45, 2.75) is 0 Å². The Kier molecular flexibility index (Phi) is 4.03. The first-order valence-corrected chi connectivity index (χ1v) is 7.74. The third kappa shape index (κ3) is 3.29. The summed E-state index contributed by atoms with van der Waals surface area (Å²) in [7, 11) is 0. The van der Waals surface area contributed by atoms with Gasteiger partial charge in [0.05, 0.1) is 45.6 Å². The molecule has 0 aliphatic carbocycles. The summed E-state index contributed by atoms with van der Waals surface area (Å²) in [6.07, 6.45) is 23.8. The van der Waals surface area contributed by atoms with Gasteiger partial charge in [-0.05, 0) is 72.9 Å². The largest absolute Gasteiger partial charge is 2.00 e. The number of nitrogens with zero attached hydrogens (tertiary/aromatic N) is 4. The summed E-state index contributed by atoms with van der Waals surface area (Å²) < 4.78 is 0. The van der Waals surface area contributed by atoms with Crippen molar-refractivity contribution >= 4 is 45.9 Å². The Morgan fingerprint density at radius 2 is 0.640 bits per heavy atom. The minimum absolute atomic E-state index is 0. The number of hydrogen-bond acceptors (Lipinski definition) is 4. The van der Waals surface area contributed by atoms with Crippen molar-refractivity contribution in [3.8, 4) is 0 Å². The third-order valence-corrected chi connectivity index (χ3v) is 3.92. The molecule has 5 aliphatic rings. The molecule has 25 heavy (non-hydrogen) atoms. The molecule has 5 heteroatoms. The maximum atomic E-state index is 4.59. The van der Waals surface area contributed by atoms with Gasteiger partial charge in [-0.3, -0.25) is 0 Å². The average Bonchev–Trinajstić information content (AvgIpc) is 3.32. The van der Waals surface area contributed by atoms with Crippen LogP contribution in [0.1, 0.15) is 2.85 Å². The van der Waals surface area contributed by atoms with Crippen molar-refractivity contribution in [1.29, 1.82) is 0 Å². The number of allylic oxidation sites excluding steroid dienone is 12. The van der Waals surface area contributed by atoms with E-state index in [9.17, 15) is 0 Å². The number of hydrogen-bond donors (Lipinski definition) is 0. The summed E-state index contributed by atoms with van der Waals surface area (Å²) >= 11 is 0. The van der Waals surface area contributed by atoms with Crippen molar-refractivity contribution in [1.82, 2.24) is 0 Å². The van der Waals surface area contributed by atoms with Crippen LogP contribution in [0.2, 0.25) is 0 Å². The molecule has 8 bridgehead atoms. The molecule has 0 saturated carbocycles. The average molecular weight is 335 g/mol. The van der Waals surface area contributed by atoms with Gasteiger partial charge >= 0.3 is 23.1 Å². The zero-order valence-corrected chi connectivity index (χ0v) is 14.8. The van der Waals surface area contributed by atoms with Gasteiger partial charge in [0.15, 0.2) is 0 Å². The summed E-state index contributed by atoms with van der Waals surface area (Å²) in [6, 6.07) is 0. The smallest absolute Gasteiger partial charge is 1.00 e. The van der Waals surface area contributed by atoms with Crippen LogP contribution in [0.4, 0.5) is 0 Å². The SMILES string of the molecule is C1=CC2=NC1=CC1=NC(=CC3=NC(=CC4=NC(=C2)C=C4)C=C3)C=C1.[H-].[H-].[Mg+2]. The van der Waals surface area contributed by atoms with Crippen molar-refractivity contribution in [3.63, 3.8) is 0 Å². The Balaban J connectivity index is 0.000000871. The number of aliphatic imine (C=N–C) groups is 4. The molecule has 0 aromatic heterocycles. The van der Waals surface area contributed by atoms with Crippen LogP contribution in [-0.4, -0.2) is 45.9 Å². The van der Waals surface area contributed by atoms with E-state index in [1.54, 1.807) is 0 Å². The molecular formula is C20H14MgN4. The van der Waals surface area contributed by atoms with Crippen molar-refractivity contribution in [2.24, 2.45) is 20.0 Å². The van der Waals surface area contributed by atoms with E-state index in [0.717, 1.165) is 45.6 Å². The molecule has 4 nitrogen and oxygen atoms in total. The zero-order valence-electron chi connectivity index (χ0n) is 15.4. The molecule has 0 atom stereocenters. The minimum atomic E-state index is 0. The minimum Gasteiger partial charge on any atom is -1.00 e. The van der Waals surface area contributed by atoms with Crippen molar-refractivity contribution < 1.29 is 2.85 Å². The topological polar surface area (TPSA) is 49.4 Å². The normalized spacial score (nSPS) is 21.8. The van der Waals surface area contributed by atoms with Gasteiger partial charge in [-0.25, -0.2) is 20.0 Å². The van der Waals surface area contributed by atoms with Crippen LogP contribution in [0.3, 0.4) is 0 Å². The van der Waals surface area contributed by atoms with Gasteiger partial charge in [0.25, 0.3) is 0 Å². The molecule has 5 aliphatic heterocycles. The predicted octanol–water partition coefficient (Wildman–Crippen LogP) is 3.42. The molecule has 5 heterocycles. The van der Waals surface area contributed by atoms with Gasteiger partial charge in [0.2, 0.25) is 0 Å². The Hall–Kier alpha value is -2.63. The second kappa shape index (κ2) is 6.35. The number of rotatable bonds is 0. The van der Waals surface area contributed by atoms with E-state index in [4.69, 9.17) is 0 Å². The molecular weight excluding hydrogens is 321 g/mol. The van der Waals surface area contributed by atoms with Crippen molar-refractivity contribution in [2.75, 3.05) is 0 Å². The van der Waals surface area contributed by atoms with Gasteiger partial charge in [-0.2, -0.15) is 0 Å². The Bertz CT molecular complexity index is 858. The first-order chi connectivity index (χ1) is 11.8. The maximum absolute atomic E-state index is 4.59. The van der Waals surface area contributed by atoms with Crippen LogP contribution in [-0.2, 0) is 0 Å². The molecule has 0 aromatic carbocycles. The second-order valence-electron chi connectivity index (χ2n) is 5.76. The summed E-state index contributed by atoms with van der Waals surface area (Å²) in [6.45, 7) is 0. The Labute approximate surface area is 164 Å². The summed E-state index contributed by atoms with van der Waals surface area (Å²) in [5.41, 5.74) is 7.15. The fraction of sp³-hybridized carbons (Fsp3) is 0. The monoisotopic (exact) mass is 334 g/mol. The van der Waals surface area contributed by atoms with Crippen LogP contribution >= 0.6 is 0 Å².